The van der Waals surface area contributed by atoms with Crippen molar-refractivity contribution in [1.29, 1.82) is 0 Å². The maximum Gasteiger partial charge on any atom is 0.160 e. The first-order valence-electron chi connectivity index (χ1n) is 19.5. The Morgan fingerprint density at radius 1 is 0.397 bits per heavy atom. The van der Waals surface area contributed by atoms with E-state index in [0.717, 1.165) is 99.8 Å². The molecule has 0 N–H and O–H groups in total. The molecular weight excluding hydrogens is 729 g/mol. The maximum atomic E-state index is 6.94. The van der Waals surface area contributed by atoms with E-state index in [2.05, 4.69) is 146 Å². The summed E-state index contributed by atoms with van der Waals surface area (Å²) in [5.74, 6) is 0.679. The number of fused-ring (bicyclic) bond motifs is 9. The third kappa shape index (κ3) is 5.14. The minimum atomic E-state index is 0.679. The number of hydrogen-bond donors (Lipinski definition) is 0. The minimum absolute atomic E-state index is 0.679. The van der Waals surface area contributed by atoms with Crippen LogP contribution in [-0.2, 0) is 0 Å². The number of hydrogen-bond acceptors (Lipinski definition) is 5. The first-order chi connectivity index (χ1) is 28.6. The lowest BCUT2D eigenvalue weighted by Crippen LogP contribution is -2.00. The second-order valence-corrected chi connectivity index (χ2v) is 16.0. The fraction of sp³-hybridized carbons (Fsp3) is 0.0189. The molecule has 0 bridgehead atoms. The number of para-hydroxylation sites is 2. The fourth-order valence-corrected chi connectivity index (χ4v) is 9.82. The first kappa shape index (κ1) is 32.9. The molecule has 0 aliphatic rings. The standard InChI is InChI=1S/C53H32N2O2S/c1-31-50(32-13-4-2-5-14-32)54-53(33-15-6-3-7-16-33)55-51(31)42-20-12-19-40-37-25-24-35(28-45(37)57-52(40)42)43-27-36(29-46-49(43)41-18-8-10-21-44(41)56-46)34-23-26-39-38-17-9-11-22-47(38)58-48(39)30-34/h2-30H,1H3. The van der Waals surface area contributed by atoms with E-state index in [4.69, 9.17) is 18.8 Å². The molecule has 0 aliphatic carbocycles. The molecule has 0 amide bonds. The van der Waals surface area contributed by atoms with E-state index in [1.807, 2.05) is 47.7 Å². The van der Waals surface area contributed by atoms with Crippen LogP contribution in [0, 0.1) is 6.92 Å². The monoisotopic (exact) mass is 760 g/mol. The van der Waals surface area contributed by atoms with Gasteiger partial charge in [-0.1, -0.05) is 127 Å². The average Bonchev–Trinajstić information content (AvgIpc) is 3.97. The molecule has 0 spiro atoms. The van der Waals surface area contributed by atoms with E-state index in [1.54, 1.807) is 0 Å². The molecule has 12 aromatic rings. The molecule has 4 aromatic heterocycles. The third-order valence-corrected chi connectivity index (χ3v) is 12.6. The highest BCUT2D eigenvalue weighted by atomic mass is 32.1. The molecule has 272 valence electrons. The van der Waals surface area contributed by atoms with Crippen LogP contribution in [0.3, 0.4) is 0 Å². The number of aromatic nitrogens is 2. The summed E-state index contributed by atoms with van der Waals surface area (Å²) in [5, 5.41) is 6.87. The van der Waals surface area contributed by atoms with Crippen molar-refractivity contribution < 1.29 is 8.83 Å². The van der Waals surface area contributed by atoms with Crippen molar-refractivity contribution in [3.63, 3.8) is 0 Å². The zero-order valence-electron chi connectivity index (χ0n) is 31.4. The zero-order chi connectivity index (χ0) is 38.3. The molecule has 0 atom stereocenters. The normalized spacial score (nSPS) is 11.9. The molecule has 0 aliphatic heterocycles. The van der Waals surface area contributed by atoms with E-state index in [0.29, 0.717) is 5.82 Å². The summed E-state index contributed by atoms with van der Waals surface area (Å²) >= 11 is 1.84. The van der Waals surface area contributed by atoms with Gasteiger partial charge in [-0.3, -0.25) is 0 Å². The molecule has 5 heteroatoms. The Kier molecular flexibility index (Phi) is 7.28. The molecule has 4 heterocycles. The van der Waals surface area contributed by atoms with Crippen LogP contribution in [0.4, 0.5) is 0 Å². The Balaban J connectivity index is 1.05. The van der Waals surface area contributed by atoms with Crippen molar-refractivity contribution in [3.05, 3.63) is 181 Å². The Hall–Kier alpha value is -7.34. The lowest BCUT2D eigenvalue weighted by Gasteiger charge is -2.14. The third-order valence-electron chi connectivity index (χ3n) is 11.5. The quantitative estimate of drug-likeness (QED) is 0.175. The van der Waals surface area contributed by atoms with Gasteiger partial charge >= 0.3 is 0 Å². The molecule has 4 nitrogen and oxygen atoms in total. The molecule has 0 radical (unpaired) electrons. The summed E-state index contributed by atoms with van der Waals surface area (Å²) in [4.78, 5) is 10.3. The Labute approximate surface area is 337 Å². The van der Waals surface area contributed by atoms with Crippen LogP contribution in [0.15, 0.2) is 185 Å². The van der Waals surface area contributed by atoms with Gasteiger partial charge in [-0.2, -0.15) is 0 Å². The first-order valence-corrected chi connectivity index (χ1v) is 20.3. The summed E-state index contributed by atoms with van der Waals surface area (Å²) in [6.07, 6.45) is 0. The van der Waals surface area contributed by atoms with Crippen LogP contribution in [0.1, 0.15) is 5.56 Å². The van der Waals surface area contributed by atoms with Gasteiger partial charge in [-0.05, 0) is 77.7 Å². The molecule has 58 heavy (non-hydrogen) atoms. The van der Waals surface area contributed by atoms with Crippen molar-refractivity contribution in [2.24, 2.45) is 0 Å². The van der Waals surface area contributed by atoms with Crippen LogP contribution in [0.5, 0.6) is 0 Å². The van der Waals surface area contributed by atoms with E-state index in [1.165, 1.54) is 20.2 Å². The molecular formula is C53H32N2O2S. The van der Waals surface area contributed by atoms with E-state index in [-0.39, 0.29) is 0 Å². The summed E-state index contributed by atoms with van der Waals surface area (Å²) < 4.78 is 16.1. The van der Waals surface area contributed by atoms with Gasteiger partial charge in [0.25, 0.3) is 0 Å². The van der Waals surface area contributed by atoms with Gasteiger partial charge in [0.15, 0.2) is 5.82 Å². The van der Waals surface area contributed by atoms with Gasteiger partial charge < -0.3 is 8.83 Å². The largest absolute Gasteiger partial charge is 0.456 e. The molecule has 12 rings (SSSR count). The van der Waals surface area contributed by atoms with Crippen molar-refractivity contribution in [3.8, 4) is 56.2 Å². The van der Waals surface area contributed by atoms with Crippen LogP contribution in [0.2, 0.25) is 0 Å². The van der Waals surface area contributed by atoms with Crippen LogP contribution >= 0.6 is 11.3 Å². The topological polar surface area (TPSA) is 52.1 Å². The Morgan fingerprint density at radius 2 is 1.07 bits per heavy atom. The van der Waals surface area contributed by atoms with E-state index < -0.39 is 0 Å². The highest BCUT2D eigenvalue weighted by Crippen LogP contribution is 2.44. The SMILES string of the molecule is Cc1c(-c2ccccc2)nc(-c2ccccc2)nc1-c1cccc2c1oc1cc(-c3cc(-c4ccc5c(c4)sc4ccccc45)cc4oc5ccccc5c34)ccc12. The highest BCUT2D eigenvalue weighted by Gasteiger charge is 2.21. The van der Waals surface area contributed by atoms with Gasteiger partial charge in [0, 0.05) is 64.0 Å². The van der Waals surface area contributed by atoms with E-state index in [9.17, 15) is 0 Å². The average molecular weight is 761 g/mol. The Bertz CT molecular complexity index is 3580. The number of furan rings is 2. The zero-order valence-corrected chi connectivity index (χ0v) is 32.2. The van der Waals surface area contributed by atoms with Gasteiger partial charge in [-0.15, -0.1) is 11.3 Å². The molecule has 0 unspecified atom stereocenters. The fourth-order valence-electron chi connectivity index (χ4n) is 8.68. The number of thiophene rings is 1. The predicted octanol–water partition coefficient (Wildman–Crippen LogP) is 15.3. The summed E-state index contributed by atoms with van der Waals surface area (Å²) in [6.45, 7) is 2.11. The highest BCUT2D eigenvalue weighted by molar-refractivity contribution is 7.25. The molecule has 0 saturated carbocycles. The summed E-state index contributed by atoms with van der Waals surface area (Å²) in [7, 11) is 0. The molecule has 0 fully saturated rings. The molecule has 8 aromatic carbocycles. The van der Waals surface area contributed by atoms with E-state index >= 15 is 0 Å². The van der Waals surface area contributed by atoms with Crippen molar-refractivity contribution >= 4 is 75.4 Å². The van der Waals surface area contributed by atoms with Gasteiger partial charge in [0.05, 0.1) is 11.4 Å². The van der Waals surface area contributed by atoms with Crippen LogP contribution in [0.25, 0.3) is 120 Å². The van der Waals surface area contributed by atoms with Gasteiger partial charge in [0.2, 0.25) is 0 Å². The minimum Gasteiger partial charge on any atom is -0.456 e. The lowest BCUT2D eigenvalue weighted by atomic mass is 9.93. The Morgan fingerprint density at radius 3 is 1.93 bits per heavy atom. The number of nitrogens with zero attached hydrogens (tertiary/aromatic N) is 2. The predicted molar refractivity (Wildman–Crippen MR) is 241 cm³/mol. The second-order valence-electron chi connectivity index (χ2n) is 14.9. The summed E-state index contributed by atoms with van der Waals surface area (Å²) in [6, 6.07) is 61.8. The van der Waals surface area contributed by atoms with Crippen LogP contribution in [-0.4, -0.2) is 9.97 Å². The van der Waals surface area contributed by atoms with Gasteiger partial charge in [-0.25, -0.2) is 9.97 Å². The maximum absolute atomic E-state index is 6.94. The summed E-state index contributed by atoms with van der Waals surface area (Å²) in [5.41, 5.74) is 13.5. The lowest BCUT2D eigenvalue weighted by molar-refractivity contribution is 0.668. The second kappa shape index (κ2) is 12.8. The molecule has 0 saturated heterocycles. The van der Waals surface area contributed by atoms with Crippen molar-refractivity contribution in [2.75, 3.05) is 0 Å². The van der Waals surface area contributed by atoms with Crippen molar-refractivity contribution in [2.45, 2.75) is 6.92 Å². The smallest absolute Gasteiger partial charge is 0.160 e. The van der Waals surface area contributed by atoms with Crippen molar-refractivity contribution in [1.82, 2.24) is 9.97 Å². The van der Waals surface area contributed by atoms with Gasteiger partial charge in [0.1, 0.15) is 22.3 Å². The van der Waals surface area contributed by atoms with Crippen LogP contribution < -0.4 is 0 Å². The number of rotatable bonds is 5. The number of benzene rings is 8.